The van der Waals surface area contributed by atoms with Crippen LogP contribution in [0.2, 0.25) is 0 Å². The third kappa shape index (κ3) is 3.33. The third-order valence-corrected chi connectivity index (χ3v) is 3.22. The molecule has 1 aliphatic heterocycles. The van der Waals surface area contributed by atoms with Crippen LogP contribution < -0.4 is 5.32 Å². The second kappa shape index (κ2) is 5.35. The first-order valence-electron chi connectivity index (χ1n) is 5.68. The van der Waals surface area contributed by atoms with Crippen molar-refractivity contribution in [2.45, 2.75) is 26.4 Å². The Morgan fingerprint density at radius 2 is 2.24 bits per heavy atom. The van der Waals surface area contributed by atoms with E-state index in [1.165, 1.54) is 4.90 Å². The number of nitrogens with one attached hydrogen (secondary N) is 1. The number of aliphatic carboxylic acids is 1. The largest absolute Gasteiger partial charge is 0.481 e. The fourth-order valence-electron chi connectivity index (χ4n) is 1.74. The van der Waals surface area contributed by atoms with Crippen LogP contribution in [-0.2, 0) is 9.53 Å². The van der Waals surface area contributed by atoms with Crippen molar-refractivity contribution in [3.05, 3.63) is 0 Å². The highest BCUT2D eigenvalue weighted by molar-refractivity contribution is 5.79. The van der Waals surface area contributed by atoms with E-state index >= 15 is 0 Å². The Morgan fingerprint density at radius 1 is 1.59 bits per heavy atom. The van der Waals surface area contributed by atoms with Gasteiger partial charge in [-0.1, -0.05) is 0 Å². The van der Waals surface area contributed by atoms with E-state index in [1.807, 2.05) is 6.92 Å². The average molecular weight is 244 g/mol. The van der Waals surface area contributed by atoms with Gasteiger partial charge in [0.05, 0.1) is 11.5 Å². The number of carbonyl (C=O) groups excluding carboxylic acids is 1. The zero-order valence-electron chi connectivity index (χ0n) is 10.5. The number of amides is 2. The van der Waals surface area contributed by atoms with Crippen LogP contribution in [0, 0.1) is 5.41 Å². The summed E-state index contributed by atoms with van der Waals surface area (Å²) in [5.41, 5.74) is -0.815. The standard InChI is InChI=1S/C11H20N2O4/c1-8(17-3)6-12-10(16)13-5-4-11(2,7-13)9(14)15/h8H,4-7H2,1-3H3,(H,12,16)(H,14,15). The zero-order chi connectivity index (χ0) is 13.1. The molecular weight excluding hydrogens is 224 g/mol. The molecule has 6 nitrogen and oxygen atoms in total. The number of carboxylic acids is 1. The molecule has 0 bridgehead atoms. The Morgan fingerprint density at radius 3 is 2.71 bits per heavy atom. The summed E-state index contributed by atoms with van der Waals surface area (Å²) < 4.78 is 5.02. The molecule has 0 aromatic carbocycles. The van der Waals surface area contributed by atoms with Gasteiger partial charge in [-0.05, 0) is 20.3 Å². The monoisotopic (exact) mass is 244 g/mol. The maximum atomic E-state index is 11.7. The van der Waals surface area contributed by atoms with Crippen molar-refractivity contribution >= 4 is 12.0 Å². The number of ether oxygens (including phenoxy) is 1. The minimum atomic E-state index is -0.849. The lowest BCUT2D eigenvalue weighted by atomic mass is 9.90. The smallest absolute Gasteiger partial charge is 0.317 e. The quantitative estimate of drug-likeness (QED) is 0.756. The van der Waals surface area contributed by atoms with Gasteiger partial charge in [-0.15, -0.1) is 0 Å². The van der Waals surface area contributed by atoms with E-state index in [0.717, 1.165) is 0 Å². The molecule has 0 saturated carbocycles. The Balaban J connectivity index is 2.43. The number of hydrogen-bond acceptors (Lipinski definition) is 3. The molecular formula is C11H20N2O4. The van der Waals surface area contributed by atoms with Crippen LogP contribution in [0.15, 0.2) is 0 Å². The van der Waals surface area contributed by atoms with Gasteiger partial charge in [0.1, 0.15) is 0 Å². The summed E-state index contributed by atoms with van der Waals surface area (Å²) in [5, 5.41) is 11.8. The van der Waals surface area contributed by atoms with E-state index in [1.54, 1.807) is 14.0 Å². The molecule has 2 amide bonds. The molecule has 1 aliphatic rings. The number of likely N-dealkylation sites (tertiary alicyclic amines) is 1. The summed E-state index contributed by atoms with van der Waals surface area (Å²) in [5.74, 6) is -0.849. The van der Waals surface area contributed by atoms with Crippen molar-refractivity contribution in [2.24, 2.45) is 5.41 Å². The number of urea groups is 1. The van der Waals surface area contributed by atoms with Gasteiger partial charge >= 0.3 is 12.0 Å². The van der Waals surface area contributed by atoms with Crippen LogP contribution in [-0.4, -0.2) is 54.9 Å². The lowest BCUT2D eigenvalue weighted by molar-refractivity contribution is -0.147. The highest BCUT2D eigenvalue weighted by atomic mass is 16.5. The van der Waals surface area contributed by atoms with Gasteiger partial charge in [-0.25, -0.2) is 4.79 Å². The van der Waals surface area contributed by atoms with Crippen LogP contribution in [0.5, 0.6) is 0 Å². The van der Waals surface area contributed by atoms with Gasteiger partial charge in [0, 0.05) is 26.7 Å². The van der Waals surface area contributed by atoms with Crippen LogP contribution >= 0.6 is 0 Å². The predicted octanol–water partition coefficient (Wildman–Crippen LogP) is 0.527. The molecule has 17 heavy (non-hydrogen) atoms. The first-order chi connectivity index (χ1) is 7.89. The van der Waals surface area contributed by atoms with Gasteiger partial charge in [-0.2, -0.15) is 0 Å². The summed E-state index contributed by atoms with van der Waals surface area (Å²) >= 11 is 0. The number of hydrogen-bond donors (Lipinski definition) is 2. The maximum Gasteiger partial charge on any atom is 0.317 e. The first kappa shape index (κ1) is 13.8. The summed E-state index contributed by atoms with van der Waals surface area (Å²) in [6.45, 7) is 4.69. The SMILES string of the molecule is COC(C)CNC(=O)N1CCC(C)(C(=O)O)C1. The molecule has 1 rings (SSSR count). The van der Waals surface area contributed by atoms with Crippen LogP contribution in [0.3, 0.4) is 0 Å². The van der Waals surface area contributed by atoms with Crippen LogP contribution in [0.4, 0.5) is 4.79 Å². The maximum absolute atomic E-state index is 11.7. The molecule has 2 unspecified atom stereocenters. The Hall–Kier alpha value is -1.30. The van der Waals surface area contributed by atoms with Crippen molar-refractivity contribution in [1.82, 2.24) is 10.2 Å². The molecule has 0 aliphatic carbocycles. The van der Waals surface area contributed by atoms with Crippen molar-refractivity contribution < 1.29 is 19.4 Å². The summed E-state index contributed by atoms with van der Waals surface area (Å²) in [6, 6.07) is -0.223. The molecule has 0 aromatic heterocycles. The fourth-order valence-corrected chi connectivity index (χ4v) is 1.74. The molecule has 2 N–H and O–H groups in total. The van der Waals surface area contributed by atoms with E-state index in [4.69, 9.17) is 9.84 Å². The van der Waals surface area contributed by atoms with Gasteiger partial charge in [0.2, 0.25) is 0 Å². The number of methoxy groups -OCH3 is 1. The van der Waals surface area contributed by atoms with Gasteiger partial charge < -0.3 is 20.1 Å². The minimum Gasteiger partial charge on any atom is -0.481 e. The first-order valence-corrected chi connectivity index (χ1v) is 5.68. The molecule has 1 heterocycles. The van der Waals surface area contributed by atoms with Gasteiger partial charge in [-0.3, -0.25) is 4.79 Å². The average Bonchev–Trinajstić information content (AvgIpc) is 2.69. The van der Waals surface area contributed by atoms with E-state index in [9.17, 15) is 9.59 Å². The van der Waals surface area contributed by atoms with Crippen molar-refractivity contribution in [1.29, 1.82) is 0 Å². The van der Waals surface area contributed by atoms with E-state index in [0.29, 0.717) is 19.5 Å². The van der Waals surface area contributed by atoms with Gasteiger partial charge in [0.15, 0.2) is 0 Å². The van der Waals surface area contributed by atoms with Crippen molar-refractivity contribution in [3.63, 3.8) is 0 Å². The highest BCUT2D eigenvalue weighted by Gasteiger charge is 2.42. The predicted molar refractivity (Wildman–Crippen MR) is 61.8 cm³/mol. The molecule has 1 fully saturated rings. The van der Waals surface area contributed by atoms with Crippen molar-refractivity contribution in [3.8, 4) is 0 Å². The van der Waals surface area contributed by atoms with E-state index in [-0.39, 0.29) is 18.7 Å². The van der Waals surface area contributed by atoms with Crippen molar-refractivity contribution in [2.75, 3.05) is 26.7 Å². The third-order valence-electron chi connectivity index (χ3n) is 3.22. The fraction of sp³-hybridized carbons (Fsp3) is 0.818. The normalized spacial score (nSPS) is 25.7. The molecule has 0 aromatic rings. The summed E-state index contributed by atoms with van der Waals surface area (Å²) in [6.07, 6.45) is 0.447. The number of carboxylic acid groups (broad SMARTS) is 1. The number of carbonyl (C=O) groups is 2. The second-order valence-electron chi connectivity index (χ2n) is 4.77. The van der Waals surface area contributed by atoms with Gasteiger partial charge in [0.25, 0.3) is 0 Å². The minimum absolute atomic E-state index is 0.0487. The van der Waals surface area contributed by atoms with Crippen LogP contribution in [0.1, 0.15) is 20.3 Å². The second-order valence-corrected chi connectivity index (χ2v) is 4.77. The highest BCUT2D eigenvalue weighted by Crippen LogP contribution is 2.29. The molecule has 0 radical (unpaired) electrons. The lowest BCUT2D eigenvalue weighted by Crippen LogP contribution is -2.43. The Labute approximate surface area is 101 Å². The zero-order valence-corrected chi connectivity index (χ0v) is 10.5. The molecule has 1 saturated heterocycles. The Kier molecular flexibility index (Phi) is 4.34. The molecule has 6 heteroatoms. The molecule has 2 atom stereocenters. The topological polar surface area (TPSA) is 78.9 Å². The van der Waals surface area contributed by atoms with E-state index < -0.39 is 11.4 Å². The van der Waals surface area contributed by atoms with Crippen LogP contribution in [0.25, 0.3) is 0 Å². The molecule has 0 spiro atoms. The number of nitrogens with zero attached hydrogens (tertiary/aromatic N) is 1. The van der Waals surface area contributed by atoms with E-state index in [2.05, 4.69) is 5.32 Å². The summed E-state index contributed by atoms with van der Waals surface area (Å²) in [4.78, 5) is 24.3. The lowest BCUT2D eigenvalue weighted by Gasteiger charge is -2.21. The number of rotatable bonds is 4. The summed E-state index contributed by atoms with van der Waals surface area (Å²) in [7, 11) is 1.58. The Bertz CT molecular complexity index is 308. The molecule has 98 valence electrons.